The van der Waals surface area contributed by atoms with Gasteiger partial charge >= 0.3 is 12.0 Å². The van der Waals surface area contributed by atoms with Crippen LogP contribution >= 0.6 is 0 Å². The zero-order chi connectivity index (χ0) is 27.1. The summed E-state index contributed by atoms with van der Waals surface area (Å²) in [4.78, 5) is 39.2. The Balaban J connectivity index is 1.34. The maximum atomic E-state index is 13.2. The van der Waals surface area contributed by atoms with Crippen molar-refractivity contribution in [3.63, 3.8) is 0 Å². The third kappa shape index (κ3) is 6.50. The highest BCUT2D eigenvalue weighted by molar-refractivity contribution is 5.98. The fraction of sp³-hybridized carbons (Fsp3) is 0.346. The molecule has 1 saturated heterocycles. The maximum absolute atomic E-state index is 13.2. The van der Waals surface area contributed by atoms with E-state index in [-0.39, 0.29) is 18.7 Å². The number of hydrogen-bond acceptors (Lipinski definition) is 7. The summed E-state index contributed by atoms with van der Waals surface area (Å²) in [6.45, 7) is 2.99. The number of nitrogens with zero attached hydrogens (tertiary/aromatic N) is 5. The van der Waals surface area contributed by atoms with Crippen LogP contribution in [0.4, 0.5) is 10.5 Å². The van der Waals surface area contributed by atoms with Crippen LogP contribution in [-0.2, 0) is 11.2 Å². The third-order valence-electron chi connectivity index (χ3n) is 6.69. The van der Waals surface area contributed by atoms with Crippen LogP contribution in [0, 0.1) is 18.3 Å². The molecule has 1 aromatic heterocycles. The first-order valence-electron chi connectivity index (χ1n) is 12.3. The van der Waals surface area contributed by atoms with Crippen molar-refractivity contribution < 1.29 is 19.5 Å². The molecular weight excluding hydrogens is 488 g/mol. The number of nitrogens with one attached hydrogen (secondary N) is 3. The van der Waals surface area contributed by atoms with E-state index >= 15 is 0 Å². The molecule has 2 heterocycles. The van der Waals surface area contributed by atoms with Crippen molar-refractivity contribution in [1.82, 2.24) is 30.8 Å². The van der Waals surface area contributed by atoms with Gasteiger partial charge in [-0.05, 0) is 77.9 Å². The summed E-state index contributed by atoms with van der Waals surface area (Å²) in [5, 5.41) is 36.7. The van der Waals surface area contributed by atoms with Crippen LogP contribution < -0.4 is 10.6 Å². The number of tetrazole rings is 1. The van der Waals surface area contributed by atoms with E-state index < -0.39 is 18.0 Å². The Morgan fingerprint density at radius 1 is 1.18 bits per heavy atom. The van der Waals surface area contributed by atoms with Gasteiger partial charge in [0.1, 0.15) is 11.9 Å². The predicted octanol–water partition coefficient (Wildman–Crippen LogP) is 2.61. The number of urea groups is 1. The molecule has 1 aliphatic heterocycles. The number of benzene rings is 2. The van der Waals surface area contributed by atoms with Gasteiger partial charge < -0.3 is 20.6 Å². The van der Waals surface area contributed by atoms with E-state index in [9.17, 15) is 19.5 Å². The van der Waals surface area contributed by atoms with Gasteiger partial charge in [-0.15, -0.1) is 5.10 Å². The van der Waals surface area contributed by atoms with Crippen LogP contribution in [0.5, 0.6) is 0 Å². The molecule has 2 aromatic carbocycles. The molecule has 0 bridgehead atoms. The van der Waals surface area contributed by atoms with E-state index in [1.807, 2.05) is 24.3 Å². The summed E-state index contributed by atoms with van der Waals surface area (Å²) in [5.41, 5.74) is 3.39. The lowest BCUT2D eigenvalue weighted by Gasteiger charge is -2.32. The highest BCUT2D eigenvalue weighted by Gasteiger charge is 2.25. The molecule has 1 aliphatic rings. The molecule has 4 N–H and O–H groups in total. The second-order valence-electron chi connectivity index (χ2n) is 9.21. The van der Waals surface area contributed by atoms with Crippen molar-refractivity contribution in [3.8, 4) is 6.07 Å². The largest absolute Gasteiger partial charge is 0.480 e. The van der Waals surface area contributed by atoms with E-state index in [1.165, 1.54) is 5.56 Å². The molecule has 0 radical (unpaired) electrons. The molecule has 38 heavy (non-hydrogen) atoms. The van der Waals surface area contributed by atoms with E-state index in [2.05, 4.69) is 37.3 Å². The first-order valence-corrected chi connectivity index (χ1v) is 12.3. The van der Waals surface area contributed by atoms with Gasteiger partial charge in [-0.3, -0.25) is 4.79 Å². The third-order valence-corrected chi connectivity index (χ3v) is 6.69. The maximum Gasteiger partial charge on any atom is 0.326 e. The molecule has 0 saturated carbocycles. The van der Waals surface area contributed by atoms with Gasteiger partial charge in [0.25, 0.3) is 5.91 Å². The number of hydrogen-bond donors (Lipinski definition) is 4. The monoisotopic (exact) mass is 516 g/mol. The number of aliphatic carboxylic acids is 1. The number of aromatic nitrogens is 4. The number of aryl methyl sites for hydroxylation is 2. The number of carboxylic acid groups (broad SMARTS) is 1. The van der Waals surface area contributed by atoms with Crippen LogP contribution in [0.3, 0.4) is 0 Å². The Kier molecular flexibility index (Phi) is 8.27. The number of carbonyl (C=O) groups excluding carboxylic acids is 2. The summed E-state index contributed by atoms with van der Waals surface area (Å²) in [5.74, 6) is -0.567. The van der Waals surface area contributed by atoms with Crippen molar-refractivity contribution in [2.45, 2.75) is 44.6 Å². The minimum absolute atomic E-state index is 0.0928. The molecule has 196 valence electrons. The number of piperidine rings is 1. The molecule has 0 spiro atoms. The second kappa shape index (κ2) is 12.0. The molecule has 3 aromatic rings. The van der Waals surface area contributed by atoms with Crippen molar-refractivity contribution in [2.24, 2.45) is 0 Å². The quantitative estimate of drug-likeness (QED) is 0.353. The first-order chi connectivity index (χ1) is 18.3. The molecular formula is C26H28N8O4. The minimum atomic E-state index is -1.18. The van der Waals surface area contributed by atoms with Crippen LogP contribution in [0.2, 0.25) is 0 Å². The highest BCUT2D eigenvalue weighted by Crippen LogP contribution is 2.29. The number of nitriles is 1. The highest BCUT2D eigenvalue weighted by atomic mass is 16.4. The Morgan fingerprint density at radius 3 is 2.55 bits per heavy atom. The number of carboxylic acids is 1. The first kappa shape index (κ1) is 26.3. The summed E-state index contributed by atoms with van der Waals surface area (Å²) < 4.78 is 0. The van der Waals surface area contributed by atoms with Gasteiger partial charge in [-0.2, -0.15) is 5.26 Å². The Hall–Kier alpha value is -4.79. The number of anilines is 1. The number of H-pyrrole nitrogens is 1. The van der Waals surface area contributed by atoms with Crippen molar-refractivity contribution in [2.75, 3.05) is 18.4 Å². The van der Waals surface area contributed by atoms with Crippen molar-refractivity contribution in [1.29, 1.82) is 5.26 Å². The lowest BCUT2D eigenvalue weighted by atomic mass is 9.89. The van der Waals surface area contributed by atoms with Crippen LogP contribution in [0.15, 0.2) is 42.5 Å². The zero-order valence-electron chi connectivity index (χ0n) is 20.8. The Bertz CT molecular complexity index is 1330. The lowest BCUT2D eigenvalue weighted by Crippen LogP contribution is -2.43. The number of aromatic amines is 1. The normalized spacial score (nSPS) is 14.4. The standard InChI is InChI=1S/C26H28N8O4/c1-16-2-5-20(24(35)34-12-10-19(11-13-34)18-6-3-17(15-27)4-7-18)14-22(16)29-26(38)28-21(25(36)37)8-9-23-30-32-33-31-23/h2-7,14,19,21H,8-13H2,1H3,(H,36,37)(H2,28,29,38)(H,30,31,32,33)/t21-/m0/s1. The molecule has 1 fully saturated rings. The zero-order valence-corrected chi connectivity index (χ0v) is 20.8. The van der Waals surface area contributed by atoms with E-state index in [1.54, 1.807) is 30.0 Å². The summed E-state index contributed by atoms with van der Waals surface area (Å²) in [6.07, 6.45) is 1.97. The topological polar surface area (TPSA) is 177 Å². The number of amides is 3. The van der Waals surface area contributed by atoms with Crippen LogP contribution in [0.25, 0.3) is 0 Å². The van der Waals surface area contributed by atoms with Crippen molar-refractivity contribution in [3.05, 3.63) is 70.5 Å². The molecule has 0 unspecified atom stereocenters. The molecule has 3 amide bonds. The summed E-state index contributed by atoms with van der Waals surface area (Å²) in [6, 6.07) is 12.9. The molecule has 0 aliphatic carbocycles. The molecule has 4 rings (SSSR count). The van der Waals surface area contributed by atoms with Crippen molar-refractivity contribution >= 4 is 23.6 Å². The van der Waals surface area contributed by atoms with Gasteiger partial charge in [-0.1, -0.05) is 18.2 Å². The molecule has 12 heteroatoms. The molecule has 1 atom stereocenters. The van der Waals surface area contributed by atoms with Gasteiger partial charge in [0, 0.05) is 30.8 Å². The lowest BCUT2D eigenvalue weighted by molar-refractivity contribution is -0.139. The number of rotatable bonds is 8. The fourth-order valence-electron chi connectivity index (χ4n) is 4.46. The van der Waals surface area contributed by atoms with Gasteiger partial charge in [0.2, 0.25) is 0 Å². The summed E-state index contributed by atoms with van der Waals surface area (Å²) in [7, 11) is 0. The smallest absolute Gasteiger partial charge is 0.326 e. The van der Waals surface area contributed by atoms with E-state index in [0.29, 0.717) is 41.6 Å². The average Bonchev–Trinajstić information content (AvgIpc) is 3.45. The number of likely N-dealkylation sites (tertiary alicyclic amines) is 1. The fourth-order valence-corrected chi connectivity index (χ4v) is 4.46. The SMILES string of the molecule is Cc1ccc(C(=O)N2CCC(c3ccc(C#N)cc3)CC2)cc1NC(=O)N[C@@H](CCc1nnn[nH]1)C(=O)O. The average molecular weight is 517 g/mol. The molecule has 12 nitrogen and oxygen atoms in total. The van der Waals surface area contributed by atoms with Crippen LogP contribution in [-0.4, -0.2) is 67.7 Å². The van der Waals surface area contributed by atoms with E-state index in [0.717, 1.165) is 18.4 Å². The Morgan fingerprint density at radius 2 is 1.92 bits per heavy atom. The van der Waals surface area contributed by atoms with Gasteiger partial charge in [0.05, 0.1) is 11.6 Å². The number of carbonyl (C=O) groups is 3. The van der Waals surface area contributed by atoms with E-state index in [4.69, 9.17) is 5.26 Å². The minimum Gasteiger partial charge on any atom is -0.480 e. The van der Waals surface area contributed by atoms with Gasteiger partial charge in [0.15, 0.2) is 0 Å². The second-order valence-corrected chi connectivity index (χ2v) is 9.21. The summed E-state index contributed by atoms with van der Waals surface area (Å²) >= 11 is 0. The Labute approximate surface area is 219 Å². The van der Waals surface area contributed by atoms with Gasteiger partial charge in [-0.25, -0.2) is 14.7 Å². The predicted molar refractivity (Wildman–Crippen MR) is 136 cm³/mol. The van der Waals surface area contributed by atoms with Crippen LogP contribution in [0.1, 0.15) is 58.1 Å².